The van der Waals surface area contributed by atoms with Gasteiger partial charge in [0.25, 0.3) is 0 Å². The molecular weight excluding hydrogens is 204 g/mol. The van der Waals surface area contributed by atoms with Gasteiger partial charge >= 0.3 is 0 Å². The number of rotatable bonds is 4. The average molecular weight is 220 g/mol. The SMILES string of the molecule is CNCCc1ncc(-c2cc(C)nn2C)o1. The molecule has 2 aromatic rings. The van der Waals surface area contributed by atoms with Crippen LogP contribution in [0.5, 0.6) is 0 Å². The van der Waals surface area contributed by atoms with Crippen molar-refractivity contribution in [3.63, 3.8) is 0 Å². The van der Waals surface area contributed by atoms with Gasteiger partial charge in [0.2, 0.25) is 0 Å². The second-order valence-electron chi connectivity index (χ2n) is 3.77. The van der Waals surface area contributed by atoms with Crippen LogP contribution >= 0.6 is 0 Å². The summed E-state index contributed by atoms with van der Waals surface area (Å²) < 4.78 is 7.46. The van der Waals surface area contributed by atoms with Crippen LogP contribution < -0.4 is 5.32 Å². The van der Waals surface area contributed by atoms with Crippen molar-refractivity contribution >= 4 is 0 Å². The molecule has 2 heterocycles. The van der Waals surface area contributed by atoms with Gasteiger partial charge in [-0.3, -0.25) is 4.68 Å². The number of oxazole rings is 1. The summed E-state index contributed by atoms with van der Waals surface area (Å²) in [7, 11) is 3.81. The lowest BCUT2D eigenvalue weighted by Gasteiger charge is -1.96. The van der Waals surface area contributed by atoms with Gasteiger partial charge in [0.05, 0.1) is 11.9 Å². The van der Waals surface area contributed by atoms with Crippen molar-refractivity contribution in [3.8, 4) is 11.5 Å². The molecule has 1 N–H and O–H groups in total. The van der Waals surface area contributed by atoms with E-state index in [0.717, 1.165) is 36.0 Å². The van der Waals surface area contributed by atoms with Crippen molar-refractivity contribution < 1.29 is 4.42 Å². The second-order valence-corrected chi connectivity index (χ2v) is 3.77. The van der Waals surface area contributed by atoms with Gasteiger partial charge in [-0.15, -0.1) is 0 Å². The van der Waals surface area contributed by atoms with E-state index in [9.17, 15) is 0 Å². The molecule has 0 spiro atoms. The molecular formula is C11H16N4O. The van der Waals surface area contributed by atoms with Gasteiger partial charge in [-0.25, -0.2) is 4.98 Å². The first-order valence-corrected chi connectivity index (χ1v) is 5.31. The van der Waals surface area contributed by atoms with E-state index in [-0.39, 0.29) is 0 Å². The molecule has 16 heavy (non-hydrogen) atoms. The van der Waals surface area contributed by atoms with Gasteiger partial charge in [0.15, 0.2) is 11.7 Å². The lowest BCUT2D eigenvalue weighted by Crippen LogP contribution is -2.10. The molecule has 0 amide bonds. The minimum Gasteiger partial charge on any atom is -0.439 e. The normalized spacial score (nSPS) is 10.9. The van der Waals surface area contributed by atoms with Crippen LogP contribution in [0.4, 0.5) is 0 Å². The van der Waals surface area contributed by atoms with Crippen molar-refractivity contribution in [1.29, 1.82) is 0 Å². The van der Waals surface area contributed by atoms with Crippen LogP contribution in [0.2, 0.25) is 0 Å². The van der Waals surface area contributed by atoms with Crippen molar-refractivity contribution in [2.45, 2.75) is 13.3 Å². The Morgan fingerprint density at radius 3 is 2.94 bits per heavy atom. The summed E-state index contributed by atoms with van der Waals surface area (Å²) in [6.45, 7) is 2.83. The molecule has 0 radical (unpaired) electrons. The average Bonchev–Trinajstić information content (AvgIpc) is 2.82. The minimum absolute atomic E-state index is 0.753. The Balaban J connectivity index is 2.21. The fourth-order valence-electron chi connectivity index (χ4n) is 1.62. The fraction of sp³-hybridized carbons (Fsp3) is 0.455. The fourth-order valence-corrected chi connectivity index (χ4v) is 1.62. The van der Waals surface area contributed by atoms with E-state index >= 15 is 0 Å². The minimum atomic E-state index is 0.753. The van der Waals surface area contributed by atoms with E-state index in [1.165, 1.54) is 0 Å². The van der Waals surface area contributed by atoms with Crippen molar-refractivity contribution in [1.82, 2.24) is 20.1 Å². The van der Waals surface area contributed by atoms with E-state index in [4.69, 9.17) is 4.42 Å². The van der Waals surface area contributed by atoms with Crippen LogP contribution in [-0.4, -0.2) is 28.4 Å². The number of hydrogen-bond acceptors (Lipinski definition) is 4. The maximum absolute atomic E-state index is 5.65. The monoisotopic (exact) mass is 220 g/mol. The third-order valence-electron chi connectivity index (χ3n) is 2.40. The molecule has 0 aromatic carbocycles. The zero-order valence-corrected chi connectivity index (χ0v) is 9.82. The summed E-state index contributed by atoms with van der Waals surface area (Å²) >= 11 is 0. The second kappa shape index (κ2) is 4.49. The maximum atomic E-state index is 5.65. The smallest absolute Gasteiger partial charge is 0.196 e. The highest BCUT2D eigenvalue weighted by Gasteiger charge is 2.10. The summed E-state index contributed by atoms with van der Waals surface area (Å²) in [6.07, 6.45) is 2.55. The Morgan fingerprint density at radius 2 is 2.31 bits per heavy atom. The van der Waals surface area contributed by atoms with Gasteiger partial charge in [-0.1, -0.05) is 0 Å². The predicted molar refractivity (Wildman–Crippen MR) is 61.1 cm³/mol. The first kappa shape index (κ1) is 10.9. The van der Waals surface area contributed by atoms with Crippen LogP contribution in [0.3, 0.4) is 0 Å². The predicted octanol–water partition coefficient (Wildman–Crippen LogP) is 1.15. The molecule has 0 fully saturated rings. The molecule has 0 bridgehead atoms. The zero-order valence-electron chi connectivity index (χ0n) is 9.82. The molecule has 0 aliphatic heterocycles. The molecule has 0 saturated carbocycles. The Labute approximate surface area is 94.5 Å². The Bertz CT molecular complexity index is 472. The molecule has 0 atom stereocenters. The Kier molecular flexibility index (Phi) is 3.05. The third-order valence-corrected chi connectivity index (χ3v) is 2.40. The molecule has 2 rings (SSSR count). The molecule has 0 aliphatic carbocycles. The molecule has 86 valence electrons. The van der Waals surface area contributed by atoms with Gasteiger partial charge < -0.3 is 9.73 Å². The largest absolute Gasteiger partial charge is 0.439 e. The van der Waals surface area contributed by atoms with Crippen LogP contribution in [0.1, 0.15) is 11.6 Å². The van der Waals surface area contributed by atoms with E-state index in [1.807, 2.05) is 27.1 Å². The highest BCUT2D eigenvalue weighted by molar-refractivity contribution is 5.51. The van der Waals surface area contributed by atoms with Crippen LogP contribution in [0.25, 0.3) is 11.5 Å². The molecule has 2 aromatic heterocycles. The van der Waals surface area contributed by atoms with Crippen LogP contribution in [0, 0.1) is 6.92 Å². The maximum Gasteiger partial charge on any atom is 0.196 e. The zero-order chi connectivity index (χ0) is 11.5. The van der Waals surface area contributed by atoms with E-state index in [1.54, 1.807) is 10.9 Å². The molecule has 0 aliphatic rings. The lowest BCUT2D eigenvalue weighted by molar-refractivity contribution is 0.496. The quantitative estimate of drug-likeness (QED) is 0.839. The number of nitrogens with one attached hydrogen (secondary N) is 1. The first-order valence-electron chi connectivity index (χ1n) is 5.31. The molecule has 0 unspecified atom stereocenters. The van der Waals surface area contributed by atoms with Gasteiger partial charge in [0.1, 0.15) is 5.69 Å². The Hall–Kier alpha value is -1.62. The van der Waals surface area contributed by atoms with E-state index in [0.29, 0.717) is 0 Å². The van der Waals surface area contributed by atoms with Gasteiger partial charge in [0, 0.05) is 20.0 Å². The summed E-state index contributed by atoms with van der Waals surface area (Å²) in [6, 6.07) is 1.99. The van der Waals surface area contributed by atoms with Crippen LogP contribution in [-0.2, 0) is 13.5 Å². The lowest BCUT2D eigenvalue weighted by atomic mass is 10.3. The Morgan fingerprint density at radius 1 is 1.50 bits per heavy atom. The molecule has 0 saturated heterocycles. The highest BCUT2D eigenvalue weighted by Crippen LogP contribution is 2.20. The molecule has 5 nitrogen and oxygen atoms in total. The van der Waals surface area contributed by atoms with Gasteiger partial charge in [-0.05, 0) is 20.0 Å². The van der Waals surface area contributed by atoms with Crippen molar-refractivity contribution in [3.05, 3.63) is 23.8 Å². The highest BCUT2D eigenvalue weighted by atomic mass is 16.4. The number of aryl methyl sites for hydroxylation is 2. The topological polar surface area (TPSA) is 55.9 Å². The van der Waals surface area contributed by atoms with Crippen LogP contribution in [0.15, 0.2) is 16.7 Å². The summed E-state index contributed by atoms with van der Waals surface area (Å²) in [5, 5.41) is 7.34. The van der Waals surface area contributed by atoms with Gasteiger partial charge in [-0.2, -0.15) is 5.10 Å². The summed E-state index contributed by atoms with van der Waals surface area (Å²) in [5.74, 6) is 1.53. The summed E-state index contributed by atoms with van der Waals surface area (Å²) in [4.78, 5) is 4.23. The standard InChI is InChI=1S/C11H16N4O/c1-8-6-9(15(3)14-8)10-7-13-11(16-10)4-5-12-2/h6-7,12H,4-5H2,1-3H3. The number of hydrogen-bond donors (Lipinski definition) is 1. The van der Waals surface area contributed by atoms with Crippen molar-refractivity contribution in [2.24, 2.45) is 7.05 Å². The first-order chi connectivity index (χ1) is 7.70. The number of likely N-dealkylation sites (N-methyl/N-ethyl adjacent to an activating group) is 1. The summed E-state index contributed by atoms with van der Waals surface area (Å²) in [5.41, 5.74) is 1.94. The molecule has 5 heteroatoms. The number of nitrogens with zero attached hydrogens (tertiary/aromatic N) is 3. The van der Waals surface area contributed by atoms with E-state index in [2.05, 4.69) is 15.4 Å². The third kappa shape index (κ3) is 2.14. The number of aromatic nitrogens is 3. The van der Waals surface area contributed by atoms with E-state index < -0.39 is 0 Å². The van der Waals surface area contributed by atoms with Crippen molar-refractivity contribution in [2.75, 3.05) is 13.6 Å².